The summed E-state index contributed by atoms with van der Waals surface area (Å²) in [6.07, 6.45) is 0.421. The average Bonchev–Trinajstić information content (AvgIpc) is 2.36. The Bertz CT molecular complexity index is 496. The zero-order valence-corrected chi connectivity index (χ0v) is 10.9. The molecule has 0 aliphatic carbocycles. The first-order chi connectivity index (χ1) is 8.52. The molecule has 0 N–H and O–H groups in total. The van der Waals surface area contributed by atoms with Gasteiger partial charge in [0, 0.05) is 18.9 Å². The number of carbonyl (C=O) groups is 2. The van der Waals surface area contributed by atoms with Crippen molar-refractivity contribution in [1.82, 2.24) is 0 Å². The Hall–Kier alpha value is -1.84. The summed E-state index contributed by atoms with van der Waals surface area (Å²) in [4.78, 5) is 25.0. The van der Waals surface area contributed by atoms with Gasteiger partial charge < -0.3 is 9.64 Å². The number of ketones is 1. The van der Waals surface area contributed by atoms with Crippen LogP contribution in [0, 0.1) is 0 Å². The molecule has 1 heterocycles. The van der Waals surface area contributed by atoms with Crippen LogP contribution in [-0.4, -0.2) is 24.3 Å². The molecule has 18 heavy (non-hydrogen) atoms. The van der Waals surface area contributed by atoms with Crippen molar-refractivity contribution in [3.05, 3.63) is 23.8 Å². The molecule has 1 aliphatic rings. The van der Waals surface area contributed by atoms with Crippen LogP contribution in [0.2, 0.25) is 0 Å². The second kappa shape index (κ2) is 4.80. The first kappa shape index (κ1) is 12.6. The largest absolute Gasteiger partial charge is 0.487 e. The van der Waals surface area contributed by atoms with E-state index >= 15 is 0 Å². The molecule has 1 atom stereocenters. The van der Waals surface area contributed by atoms with Crippen LogP contribution in [0.1, 0.15) is 37.6 Å². The van der Waals surface area contributed by atoms with Crippen LogP contribution in [0.5, 0.6) is 5.75 Å². The quantitative estimate of drug-likeness (QED) is 0.754. The molecule has 1 unspecified atom stereocenters. The third-order valence-electron chi connectivity index (χ3n) is 3.04. The number of carbonyl (C=O) groups excluding carboxylic acids is 2. The Labute approximate surface area is 107 Å². The third-order valence-corrected chi connectivity index (χ3v) is 3.04. The van der Waals surface area contributed by atoms with Crippen molar-refractivity contribution in [2.45, 2.75) is 33.3 Å². The number of ether oxygens (including phenoxy) is 1. The first-order valence-electron chi connectivity index (χ1n) is 6.15. The highest BCUT2D eigenvalue weighted by Crippen LogP contribution is 2.34. The molecule has 96 valence electrons. The number of nitrogens with zero attached hydrogens (tertiary/aromatic N) is 1. The van der Waals surface area contributed by atoms with Gasteiger partial charge in [0.05, 0.1) is 12.2 Å². The van der Waals surface area contributed by atoms with E-state index in [0.717, 1.165) is 0 Å². The van der Waals surface area contributed by atoms with Gasteiger partial charge in [0.2, 0.25) is 5.91 Å². The molecule has 0 aromatic heterocycles. The fourth-order valence-electron chi connectivity index (χ4n) is 2.11. The predicted octanol–water partition coefficient (Wildman–Crippen LogP) is 2.41. The smallest absolute Gasteiger partial charge is 0.224 e. The Morgan fingerprint density at radius 3 is 2.78 bits per heavy atom. The zero-order chi connectivity index (χ0) is 13.3. The van der Waals surface area contributed by atoms with Gasteiger partial charge >= 0.3 is 0 Å². The number of hydrogen-bond donors (Lipinski definition) is 0. The number of fused-ring (bicyclic) bond motifs is 1. The number of hydrogen-bond acceptors (Lipinski definition) is 3. The van der Waals surface area contributed by atoms with Crippen LogP contribution in [0.3, 0.4) is 0 Å². The highest BCUT2D eigenvalue weighted by Gasteiger charge is 2.26. The molecular formula is C14H17NO3. The Morgan fingerprint density at radius 2 is 2.17 bits per heavy atom. The summed E-state index contributed by atoms with van der Waals surface area (Å²) in [7, 11) is 0. The van der Waals surface area contributed by atoms with Crippen LogP contribution in [0.4, 0.5) is 5.69 Å². The van der Waals surface area contributed by atoms with Crippen molar-refractivity contribution in [2.24, 2.45) is 0 Å². The van der Waals surface area contributed by atoms with Gasteiger partial charge in [-0.2, -0.15) is 0 Å². The monoisotopic (exact) mass is 247 g/mol. The van der Waals surface area contributed by atoms with Crippen molar-refractivity contribution < 1.29 is 14.3 Å². The van der Waals surface area contributed by atoms with Gasteiger partial charge in [-0.05, 0) is 25.1 Å². The van der Waals surface area contributed by atoms with E-state index < -0.39 is 0 Å². The summed E-state index contributed by atoms with van der Waals surface area (Å²) in [6, 6.07) is 5.26. The molecule has 4 nitrogen and oxygen atoms in total. The highest BCUT2D eigenvalue weighted by molar-refractivity contribution is 6.00. The van der Waals surface area contributed by atoms with Gasteiger partial charge in [0.25, 0.3) is 0 Å². The number of anilines is 1. The van der Waals surface area contributed by atoms with Crippen molar-refractivity contribution in [3.63, 3.8) is 0 Å². The van der Waals surface area contributed by atoms with Crippen LogP contribution in [0.15, 0.2) is 18.2 Å². The normalized spacial score (nSPS) is 17.9. The molecule has 0 fully saturated rings. The van der Waals surface area contributed by atoms with Gasteiger partial charge in [-0.25, -0.2) is 0 Å². The minimum atomic E-state index is -0.0347. The van der Waals surface area contributed by atoms with E-state index in [1.165, 1.54) is 6.92 Å². The predicted molar refractivity (Wildman–Crippen MR) is 69.2 cm³/mol. The lowest BCUT2D eigenvalue weighted by Crippen LogP contribution is -2.41. The molecule has 0 bridgehead atoms. The lowest BCUT2D eigenvalue weighted by atomic mass is 10.1. The lowest BCUT2D eigenvalue weighted by Gasteiger charge is -2.33. The van der Waals surface area contributed by atoms with Crippen molar-refractivity contribution >= 4 is 17.4 Å². The minimum absolute atomic E-state index is 0.0332. The van der Waals surface area contributed by atoms with E-state index in [9.17, 15) is 9.59 Å². The van der Waals surface area contributed by atoms with E-state index in [1.807, 2.05) is 13.8 Å². The second-order valence-corrected chi connectivity index (χ2v) is 4.52. The van der Waals surface area contributed by atoms with Gasteiger partial charge in [-0.15, -0.1) is 0 Å². The Morgan fingerprint density at radius 1 is 1.44 bits per heavy atom. The number of benzene rings is 1. The molecular weight excluding hydrogens is 230 g/mol. The summed E-state index contributed by atoms with van der Waals surface area (Å²) in [5.74, 6) is 0.698. The van der Waals surface area contributed by atoms with Crippen molar-refractivity contribution in [3.8, 4) is 5.75 Å². The van der Waals surface area contributed by atoms with Gasteiger partial charge in [0.15, 0.2) is 5.78 Å². The summed E-state index contributed by atoms with van der Waals surface area (Å²) < 4.78 is 5.68. The maximum Gasteiger partial charge on any atom is 0.224 e. The van der Waals surface area contributed by atoms with E-state index in [0.29, 0.717) is 30.0 Å². The summed E-state index contributed by atoms with van der Waals surface area (Å²) in [5, 5.41) is 0. The maximum atomic E-state index is 11.7. The zero-order valence-electron chi connectivity index (χ0n) is 10.9. The molecule has 2 rings (SSSR count). The summed E-state index contributed by atoms with van der Waals surface area (Å²) in [6.45, 7) is 5.79. The van der Waals surface area contributed by atoms with Gasteiger partial charge in [-0.1, -0.05) is 6.92 Å². The van der Waals surface area contributed by atoms with E-state index in [-0.39, 0.29) is 17.8 Å². The van der Waals surface area contributed by atoms with Crippen LogP contribution < -0.4 is 9.64 Å². The standard InChI is InChI=1S/C14H17NO3/c1-4-13(17)11-5-6-14-12(7-11)15(10(3)16)8-9(2)18-14/h5-7,9H,4,8H2,1-3H3. The summed E-state index contributed by atoms with van der Waals surface area (Å²) >= 11 is 0. The molecule has 1 aliphatic heterocycles. The first-order valence-corrected chi connectivity index (χ1v) is 6.15. The Balaban J connectivity index is 2.45. The molecule has 4 heteroatoms. The molecule has 0 spiro atoms. The number of rotatable bonds is 2. The summed E-state index contributed by atoms with van der Waals surface area (Å²) in [5.41, 5.74) is 1.32. The van der Waals surface area contributed by atoms with E-state index in [1.54, 1.807) is 23.1 Å². The van der Waals surface area contributed by atoms with Gasteiger partial charge in [0.1, 0.15) is 11.9 Å². The van der Waals surface area contributed by atoms with Crippen LogP contribution >= 0.6 is 0 Å². The van der Waals surface area contributed by atoms with Gasteiger partial charge in [-0.3, -0.25) is 9.59 Å². The average molecular weight is 247 g/mol. The molecule has 1 aromatic rings. The molecule has 0 saturated carbocycles. The molecule has 0 saturated heterocycles. The maximum absolute atomic E-state index is 11.7. The van der Waals surface area contributed by atoms with E-state index in [2.05, 4.69) is 0 Å². The highest BCUT2D eigenvalue weighted by atomic mass is 16.5. The Kier molecular flexibility index (Phi) is 3.36. The van der Waals surface area contributed by atoms with Crippen LogP contribution in [0.25, 0.3) is 0 Å². The SMILES string of the molecule is CCC(=O)c1ccc2c(c1)N(C(C)=O)CC(C)O2. The number of amides is 1. The lowest BCUT2D eigenvalue weighted by molar-refractivity contribution is -0.117. The topological polar surface area (TPSA) is 46.6 Å². The molecule has 1 aromatic carbocycles. The fraction of sp³-hybridized carbons (Fsp3) is 0.429. The second-order valence-electron chi connectivity index (χ2n) is 4.52. The third kappa shape index (κ3) is 2.23. The van der Waals surface area contributed by atoms with E-state index in [4.69, 9.17) is 4.74 Å². The molecule has 1 amide bonds. The van der Waals surface area contributed by atoms with Crippen molar-refractivity contribution in [2.75, 3.05) is 11.4 Å². The minimum Gasteiger partial charge on any atom is -0.487 e. The van der Waals surface area contributed by atoms with Crippen molar-refractivity contribution in [1.29, 1.82) is 0 Å². The number of Topliss-reactive ketones (excluding diaryl/α,β-unsaturated/α-hetero) is 1. The molecule has 0 radical (unpaired) electrons. The van der Waals surface area contributed by atoms with Crippen LogP contribution in [-0.2, 0) is 4.79 Å². The fourth-order valence-corrected chi connectivity index (χ4v) is 2.11.